The molecule has 4 saturated carbocycles. The molecule has 4 rings (SSSR count). The third-order valence-electron chi connectivity index (χ3n) is 5.83. The van der Waals surface area contributed by atoms with E-state index in [1.165, 1.54) is 32.7 Å². The summed E-state index contributed by atoms with van der Waals surface area (Å²) < 4.78 is 14.1. The van der Waals surface area contributed by atoms with Gasteiger partial charge in [-0.05, 0) is 67.3 Å². The molecule has 3 atom stereocenters. The maximum Gasteiger partial charge on any atom is 0.178 e. The molecule has 0 amide bonds. The Labute approximate surface area is 116 Å². The second kappa shape index (κ2) is 3.98. The van der Waals surface area contributed by atoms with E-state index >= 15 is 0 Å². The van der Waals surface area contributed by atoms with E-state index in [-0.39, 0.29) is 5.41 Å². The van der Waals surface area contributed by atoms with Crippen molar-refractivity contribution in [3.63, 3.8) is 0 Å². The van der Waals surface area contributed by atoms with E-state index in [4.69, 9.17) is 5.26 Å². The summed E-state index contributed by atoms with van der Waals surface area (Å²) in [5.74, 6) is 2.09. The Bertz CT molecular complexity index is 469. The van der Waals surface area contributed by atoms with Crippen molar-refractivity contribution in [3.8, 4) is 6.07 Å². The number of nitriles is 1. The van der Waals surface area contributed by atoms with Crippen LogP contribution in [0.5, 0.6) is 0 Å². The van der Waals surface area contributed by atoms with Crippen molar-refractivity contribution in [2.45, 2.75) is 44.1 Å². The lowest BCUT2D eigenvalue weighted by Gasteiger charge is -2.58. The van der Waals surface area contributed by atoms with Crippen molar-refractivity contribution >= 4 is 7.85 Å². The molecule has 3 heteroatoms. The van der Waals surface area contributed by atoms with Crippen LogP contribution >= 0.6 is 0 Å². The molecule has 0 heterocycles. The number of nitrogens with zero attached hydrogens (tertiary/aromatic N) is 1. The number of hydrogen-bond donors (Lipinski definition) is 0. The van der Waals surface area contributed by atoms with Crippen LogP contribution in [0.3, 0.4) is 0 Å². The topological polar surface area (TPSA) is 23.8 Å². The van der Waals surface area contributed by atoms with E-state index in [0.717, 1.165) is 18.8 Å². The van der Waals surface area contributed by atoms with E-state index in [0.29, 0.717) is 23.8 Å². The van der Waals surface area contributed by atoms with Gasteiger partial charge in [-0.3, -0.25) is 0 Å². The smallest absolute Gasteiger partial charge is 0.178 e. The molecule has 0 N–H and O–H groups in total. The van der Waals surface area contributed by atoms with Crippen molar-refractivity contribution in [3.05, 3.63) is 24.3 Å². The first kappa shape index (κ1) is 13.0. The fourth-order valence-corrected chi connectivity index (χ4v) is 4.95. The molecule has 100 valence electrons. The monoisotopic (exact) mass is 257 g/mol. The molecule has 0 aromatic rings. The van der Waals surface area contributed by atoms with Gasteiger partial charge in [0.25, 0.3) is 0 Å². The van der Waals surface area contributed by atoms with Crippen molar-refractivity contribution in [1.29, 1.82) is 5.26 Å². The second-order valence-corrected chi connectivity index (χ2v) is 7.31. The minimum Gasteiger partial charge on any atom is -0.233 e. The van der Waals surface area contributed by atoms with Crippen LogP contribution in [0.1, 0.15) is 38.5 Å². The number of rotatable bonds is 3. The van der Waals surface area contributed by atoms with Crippen LogP contribution in [0.15, 0.2) is 24.3 Å². The standard InChI is InChI=1S/C16H21BFN/c1-10(16(17,18)9-19)5-15-6-12-3-13(7-15)11(2)14(4-12)8-15/h12-14H,1-8,17H2. The minimum atomic E-state index is -1.87. The Morgan fingerprint density at radius 2 is 2.00 bits per heavy atom. The van der Waals surface area contributed by atoms with Gasteiger partial charge in [-0.25, -0.2) is 4.39 Å². The Kier molecular flexibility index (Phi) is 2.72. The van der Waals surface area contributed by atoms with Crippen molar-refractivity contribution in [2.75, 3.05) is 0 Å². The average molecular weight is 257 g/mol. The van der Waals surface area contributed by atoms with E-state index in [2.05, 4.69) is 13.2 Å². The van der Waals surface area contributed by atoms with Gasteiger partial charge in [0.15, 0.2) is 13.4 Å². The van der Waals surface area contributed by atoms with Crippen LogP contribution in [-0.2, 0) is 0 Å². The summed E-state index contributed by atoms with van der Waals surface area (Å²) >= 11 is 0. The molecule has 4 bridgehead atoms. The average Bonchev–Trinajstić information content (AvgIpc) is 2.34. The molecule has 4 fully saturated rings. The SMILES string of the molecule is BC(F)(C#N)C(=C)CC12CC3CC(C1)C(=C)C(C3)C2. The second-order valence-electron chi connectivity index (χ2n) is 7.31. The first-order valence-electron chi connectivity index (χ1n) is 7.32. The highest BCUT2D eigenvalue weighted by atomic mass is 19.1. The van der Waals surface area contributed by atoms with Crippen LogP contribution in [0.25, 0.3) is 0 Å². The predicted molar refractivity (Wildman–Crippen MR) is 76.9 cm³/mol. The third kappa shape index (κ3) is 1.97. The molecule has 4 aliphatic rings. The molecular weight excluding hydrogens is 236 g/mol. The Morgan fingerprint density at radius 1 is 1.42 bits per heavy atom. The van der Waals surface area contributed by atoms with Crippen LogP contribution in [0.2, 0.25) is 0 Å². The number of allylic oxidation sites excluding steroid dienone is 2. The van der Waals surface area contributed by atoms with Crippen molar-refractivity contribution in [2.24, 2.45) is 23.2 Å². The zero-order valence-corrected chi connectivity index (χ0v) is 11.7. The molecule has 0 radical (unpaired) electrons. The molecule has 19 heavy (non-hydrogen) atoms. The van der Waals surface area contributed by atoms with Gasteiger partial charge in [0.2, 0.25) is 0 Å². The van der Waals surface area contributed by atoms with Crippen LogP contribution in [-0.4, -0.2) is 13.4 Å². The molecule has 0 spiro atoms. The normalized spacial score (nSPS) is 42.7. The lowest BCUT2D eigenvalue weighted by atomic mass is 9.46. The van der Waals surface area contributed by atoms with Gasteiger partial charge in [0.1, 0.15) is 0 Å². The van der Waals surface area contributed by atoms with Gasteiger partial charge in [-0.2, -0.15) is 5.26 Å². The van der Waals surface area contributed by atoms with Crippen LogP contribution in [0.4, 0.5) is 4.39 Å². The highest BCUT2D eigenvalue weighted by molar-refractivity contribution is 6.18. The summed E-state index contributed by atoms with van der Waals surface area (Å²) in [6, 6.07) is 1.75. The zero-order valence-electron chi connectivity index (χ0n) is 11.7. The predicted octanol–water partition coefficient (Wildman–Crippen LogP) is 3.14. The highest BCUT2D eigenvalue weighted by Gasteiger charge is 2.53. The largest absolute Gasteiger partial charge is 0.233 e. The number of alkyl halides is 1. The third-order valence-corrected chi connectivity index (χ3v) is 5.83. The molecular formula is C16H21BFN. The summed E-state index contributed by atoms with van der Waals surface area (Å²) in [6.45, 7) is 8.15. The quantitative estimate of drug-likeness (QED) is 0.563. The van der Waals surface area contributed by atoms with E-state index in [1.54, 1.807) is 6.07 Å². The summed E-state index contributed by atoms with van der Waals surface area (Å²) in [4.78, 5) is 0. The fraction of sp³-hybridized carbons (Fsp3) is 0.688. The molecule has 0 aliphatic heterocycles. The molecule has 3 unspecified atom stereocenters. The first-order chi connectivity index (χ1) is 8.85. The minimum absolute atomic E-state index is 0.207. The summed E-state index contributed by atoms with van der Waals surface area (Å²) in [5.41, 5.74) is 0.252. The van der Waals surface area contributed by atoms with E-state index in [9.17, 15) is 4.39 Å². The van der Waals surface area contributed by atoms with Gasteiger partial charge in [0.05, 0.1) is 6.07 Å². The molecule has 0 aromatic carbocycles. The van der Waals surface area contributed by atoms with Gasteiger partial charge in [-0.1, -0.05) is 18.7 Å². The highest BCUT2D eigenvalue weighted by Crippen LogP contribution is 2.63. The molecule has 0 saturated heterocycles. The Balaban J connectivity index is 1.81. The Morgan fingerprint density at radius 3 is 2.53 bits per heavy atom. The molecule has 1 nitrogen and oxygen atoms in total. The molecule has 4 aliphatic carbocycles. The van der Waals surface area contributed by atoms with E-state index < -0.39 is 5.57 Å². The summed E-state index contributed by atoms with van der Waals surface area (Å²) in [5, 5.41) is 8.92. The lowest BCUT2D eigenvalue weighted by molar-refractivity contribution is -0.0151. The van der Waals surface area contributed by atoms with Gasteiger partial charge >= 0.3 is 0 Å². The van der Waals surface area contributed by atoms with E-state index in [1.807, 2.05) is 0 Å². The number of halogens is 1. The fourth-order valence-electron chi connectivity index (χ4n) is 4.95. The van der Waals surface area contributed by atoms with Crippen molar-refractivity contribution in [1.82, 2.24) is 0 Å². The Hall–Kier alpha value is -1.04. The first-order valence-corrected chi connectivity index (χ1v) is 7.32. The van der Waals surface area contributed by atoms with Gasteiger partial charge in [0, 0.05) is 0 Å². The molecule has 0 aromatic heterocycles. The maximum atomic E-state index is 14.1. The van der Waals surface area contributed by atoms with Crippen LogP contribution in [0, 0.1) is 34.5 Å². The van der Waals surface area contributed by atoms with Gasteiger partial charge < -0.3 is 0 Å². The van der Waals surface area contributed by atoms with Crippen LogP contribution < -0.4 is 0 Å². The lowest BCUT2D eigenvalue weighted by Crippen LogP contribution is -2.48. The van der Waals surface area contributed by atoms with Gasteiger partial charge in [-0.15, -0.1) is 0 Å². The van der Waals surface area contributed by atoms with Crippen molar-refractivity contribution < 1.29 is 4.39 Å². The summed E-state index contributed by atoms with van der Waals surface area (Å²) in [6.07, 6.45) is 6.74. The maximum absolute atomic E-state index is 14.1. The number of hydrogen-bond acceptors (Lipinski definition) is 1. The summed E-state index contributed by atoms with van der Waals surface area (Å²) in [7, 11) is 1.34. The zero-order chi connectivity index (χ0) is 13.8.